The molecule has 2 aromatic carbocycles. The minimum atomic E-state index is -4.45. The molecule has 0 spiro atoms. The van der Waals surface area contributed by atoms with E-state index in [1.54, 1.807) is 0 Å². The molecule has 1 saturated carbocycles. The maximum Gasteiger partial charge on any atom is 0.392 e. The second-order valence-corrected chi connectivity index (χ2v) is 9.74. The van der Waals surface area contributed by atoms with E-state index >= 15 is 0 Å². The number of ether oxygens (including phenoxy) is 2. The Bertz CT molecular complexity index is 1120. The molecule has 2 aliphatic rings. The lowest BCUT2D eigenvalue weighted by atomic mass is 9.77. The van der Waals surface area contributed by atoms with Crippen molar-refractivity contribution < 1.29 is 35.8 Å². The fraction of sp³-hybridized carbons (Fsp3) is 0.448. The molecule has 1 fully saturated rings. The lowest BCUT2D eigenvalue weighted by Crippen LogP contribution is -2.42. The number of hydrogen-bond acceptors (Lipinski definition) is 2. The summed E-state index contributed by atoms with van der Waals surface area (Å²) in [7, 11) is 0. The number of allylic oxidation sites excluding steroid dienone is 2. The predicted molar refractivity (Wildman–Crippen MR) is 130 cm³/mol. The van der Waals surface area contributed by atoms with Crippen molar-refractivity contribution in [2.75, 3.05) is 6.61 Å². The Kier molecular flexibility index (Phi) is 8.36. The highest BCUT2D eigenvalue weighted by Gasteiger charge is 2.52. The van der Waals surface area contributed by atoms with Gasteiger partial charge in [0.05, 0.1) is 0 Å². The van der Waals surface area contributed by atoms with Gasteiger partial charge in [0.1, 0.15) is 0 Å². The Morgan fingerprint density at radius 3 is 2.11 bits per heavy atom. The van der Waals surface area contributed by atoms with Gasteiger partial charge in [-0.05, 0) is 84.9 Å². The Labute approximate surface area is 213 Å². The molecule has 0 unspecified atom stereocenters. The summed E-state index contributed by atoms with van der Waals surface area (Å²) in [4.78, 5) is 0. The minimum absolute atomic E-state index is 0.297. The Morgan fingerprint density at radius 1 is 0.892 bits per heavy atom. The van der Waals surface area contributed by atoms with Crippen molar-refractivity contribution in [1.82, 2.24) is 0 Å². The molecule has 0 aliphatic heterocycles. The summed E-state index contributed by atoms with van der Waals surface area (Å²) in [5, 5.41) is 0. The van der Waals surface area contributed by atoms with Crippen molar-refractivity contribution in [3.05, 3.63) is 77.7 Å². The smallest absolute Gasteiger partial charge is 0.392 e. The molecule has 8 heteroatoms. The molecule has 0 radical (unpaired) electrons. The van der Waals surface area contributed by atoms with Gasteiger partial charge in [-0.15, -0.1) is 0 Å². The van der Waals surface area contributed by atoms with Gasteiger partial charge in [-0.25, -0.2) is 13.2 Å². The quantitative estimate of drug-likeness (QED) is 0.304. The van der Waals surface area contributed by atoms with Gasteiger partial charge >= 0.3 is 12.0 Å². The molecule has 37 heavy (non-hydrogen) atoms. The Morgan fingerprint density at radius 2 is 1.51 bits per heavy atom. The van der Waals surface area contributed by atoms with E-state index in [9.17, 15) is 26.3 Å². The van der Waals surface area contributed by atoms with Gasteiger partial charge in [0.25, 0.3) is 0 Å². The van der Waals surface area contributed by atoms with Crippen molar-refractivity contribution >= 4 is 0 Å². The topological polar surface area (TPSA) is 18.5 Å². The fourth-order valence-electron chi connectivity index (χ4n) is 5.07. The van der Waals surface area contributed by atoms with Gasteiger partial charge in [0.15, 0.2) is 29.8 Å². The van der Waals surface area contributed by atoms with E-state index in [-0.39, 0.29) is 6.42 Å². The molecule has 0 amide bonds. The van der Waals surface area contributed by atoms with Crippen LogP contribution in [-0.2, 0) is 4.74 Å². The molecule has 0 atom stereocenters. The first-order chi connectivity index (χ1) is 17.6. The van der Waals surface area contributed by atoms with Crippen LogP contribution in [0.2, 0.25) is 0 Å². The van der Waals surface area contributed by atoms with Crippen LogP contribution in [0, 0.1) is 11.7 Å². The molecular weight excluding hydrogens is 494 g/mol. The monoisotopic (exact) mass is 524 g/mol. The Hall–Kier alpha value is -2.74. The van der Waals surface area contributed by atoms with E-state index in [0.29, 0.717) is 23.6 Å². The fourth-order valence-corrected chi connectivity index (χ4v) is 5.07. The van der Waals surface area contributed by atoms with E-state index in [0.717, 1.165) is 36.5 Å². The molecule has 0 aromatic heterocycles. The van der Waals surface area contributed by atoms with Crippen LogP contribution in [0.1, 0.15) is 63.4 Å². The molecule has 2 aliphatic carbocycles. The first-order valence-electron chi connectivity index (χ1n) is 12.6. The molecule has 0 heterocycles. The maximum atomic E-state index is 14.6. The lowest BCUT2D eigenvalue weighted by Gasteiger charge is -2.29. The minimum Gasteiger partial charge on any atom is -0.481 e. The molecule has 0 N–H and O–H groups in total. The largest absolute Gasteiger partial charge is 0.481 e. The van der Waals surface area contributed by atoms with E-state index < -0.39 is 41.8 Å². The second kappa shape index (κ2) is 11.3. The third kappa shape index (κ3) is 6.40. The number of alkyl halides is 3. The van der Waals surface area contributed by atoms with Crippen molar-refractivity contribution in [3.63, 3.8) is 0 Å². The van der Waals surface area contributed by atoms with Crippen LogP contribution in [-0.4, -0.2) is 18.6 Å². The van der Waals surface area contributed by atoms with Gasteiger partial charge in [-0.2, -0.15) is 13.2 Å². The number of benzene rings is 2. The average molecular weight is 525 g/mol. The van der Waals surface area contributed by atoms with Crippen LogP contribution in [0.15, 0.2) is 66.3 Å². The van der Waals surface area contributed by atoms with Crippen LogP contribution in [0.25, 0.3) is 11.1 Å². The summed E-state index contributed by atoms with van der Waals surface area (Å²) < 4.78 is 93.1. The van der Waals surface area contributed by atoms with Crippen molar-refractivity contribution in [2.45, 2.75) is 69.8 Å². The van der Waals surface area contributed by atoms with Gasteiger partial charge in [-0.3, -0.25) is 4.74 Å². The molecule has 0 saturated heterocycles. The zero-order valence-corrected chi connectivity index (χ0v) is 20.6. The summed E-state index contributed by atoms with van der Waals surface area (Å²) in [5.41, 5.74) is 2.53. The van der Waals surface area contributed by atoms with Crippen LogP contribution < -0.4 is 4.74 Å². The lowest BCUT2D eigenvalue weighted by molar-refractivity contribution is -0.324. The number of hydrogen-bond donors (Lipinski definition) is 0. The summed E-state index contributed by atoms with van der Waals surface area (Å²) in [6.07, 6.45) is 3.72. The molecular formula is C29H30F6O2. The van der Waals surface area contributed by atoms with Crippen molar-refractivity contribution in [3.8, 4) is 16.9 Å². The highest BCUT2D eigenvalue weighted by atomic mass is 19.3. The van der Waals surface area contributed by atoms with E-state index in [4.69, 9.17) is 4.74 Å². The van der Waals surface area contributed by atoms with Crippen LogP contribution in [0.5, 0.6) is 5.75 Å². The summed E-state index contributed by atoms with van der Waals surface area (Å²) in [6, 6.07) is 11.7. The molecule has 200 valence electrons. The number of rotatable bonds is 9. The molecule has 2 aromatic rings. The standard InChI is InChI=1S/C29H30F6O2/c1-2-4-19-7-9-20(10-8-19)21-11-13-22(14-12-21)23-15-16-25(24(30)17-23)36-18-28(33,34)37-29(35)26(31)5-3-6-27(29)32/h5-6,11-17,19-20H,2-4,7-10,18H2,1H3/t19-,20-. The van der Waals surface area contributed by atoms with Crippen LogP contribution in [0.4, 0.5) is 26.3 Å². The van der Waals surface area contributed by atoms with Crippen LogP contribution >= 0.6 is 0 Å². The summed E-state index contributed by atoms with van der Waals surface area (Å²) >= 11 is 0. The normalized spacial score (nSPS) is 21.8. The number of halogens is 6. The SMILES string of the molecule is CCC[C@H]1CC[C@H](c2ccc(-c3ccc(OCC(F)(F)OC4(F)C(F)=CCC=C4F)c(F)c3)cc2)CC1. The van der Waals surface area contributed by atoms with E-state index in [2.05, 4.69) is 11.7 Å². The predicted octanol–water partition coefficient (Wildman–Crippen LogP) is 9.33. The highest BCUT2D eigenvalue weighted by Crippen LogP contribution is 2.42. The van der Waals surface area contributed by atoms with E-state index in [1.807, 2.05) is 24.3 Å². The van der Waals surface area contributed by atoms with Gasteiger partial charge in [0.2, 0.25) is 0 Å². The summed E-state index contributed by atoms with van der Waals surface area (Å²) in [5.74, 6) is -7.81. The Balaban J connectivity index is 1.37. The third-order valence-corrected chi connectivity index (χ3v) is 7.09. The zero-order chi connectivity index (χ0) is 26.6. The molecule has 0 bridgehead atoms. The second-order valence-electron chi connectivity index (χ2n) is 9.74. The molecule has 2 nitrogen and oxygen atoms in total. The third-order valence-electron chi connectivity index (χ3n) is 7.09. The maximum absolute atomic E-state index is 14.6. The van der Waals surface area contributed by atoms with Gasteiger partial charge in [-0.1, -0.05) is 50.1 Å². The van der Waals surface area contributed by atoms with Gasteiger partial charge in [0, 0.05) is 0 Å². The molecule has 4 rings (SSSR count). The zero-order valence-electron chi connectivity index (χ0n) is 20.6. The van der Waals surface area contributed by atoms with Crippen LogP contribution in [0.3, 0.4) is 0 Å². The van der Waals surface area contributed by atoms with Crippen molar-refractivity contribution in [2.24, 2.45) is 5.92 Å². The first-order valence-corrected chi connectivity index (χ1v) is 12.6. The van der Waals surface area contributed by atoms with Gasteiger partial charge < -0.3 is 4.74 Å². The average Bonchev–Trinajstić information content (AvgIpc) is 2.87. The van der Waals surface area contributed by atoms with E-state index in [1.165, 1.54) is 37.3 Å². The van der Waals surface area contributed by atoms with Crippen molar-refractivity contribution in [1.29, 1.82) is 0 Å². The highest BCUT2D eigenvalue weighted by molar-refractivity contribution is 5.64. The summed E-state index contributed by atoms with van der Waals surface area (Å²) in [6.45, 7) is 0.569. The first kappa shape index (κ1) is 27.3.